The molecule has 0 saturated carbocycles. The van der Waals surface area contributed by atoms with Gasteiger partial charge in [0.05, 0.1) is 11.3 Å². The smallest absolute Gasteiger partial charge is 0.387 e. The number of carbonyl (C=O) groups excluding carboxylic acids is 1. The summed E-state index contributed by atoms with van der Waals surface area (Å²) in [7, 11) is -2.66. The predicted octanol–water partition coefficient (Wildman–Crippen LogP) is 6.29. The lowest BCUT2D eigenvalue weighted by Gasteiger charge is -2.26. The summed E-state index contributed by atoms with van der Waals surface area (Å²) < 4.78 is 65.9. The first kappa shape index (κ1) is 24.2. The van der Waals surface area contributed by atoms with Crippen molar-refractivity contribution in [2.75, 3.05) is 11.5 Å². The van der Waals surface area contributed by atoms with Gasteiger partial charge in [-0.2, -0.15) is 19.4 Å². The van der Waals surface area contributed by atoms with Gasteiger partial charge in [-0.1, -0.05) is 24.3 Å². The van der Waals surface area contributed by atoms with Gasteiger partial charge in [-0.05, 0) is 48.9 Å². The van der Waals surface area contributed by atoms with Crippen LogP contribution in [0.2, 0.25) is 0 Å². The van der Waals surface area contributed by atoms with Crippen molar-refractivity contribution < 1.29 is 31.8 Å². The average Bonchev–Trinajstić information content (AvgIpc) is 3.38. The van der Waals surface area contributed by atoms with Gasteiger partial charge in [0.25, 0.3) is 5.91 Å². The van der Waals surface area contributed by atoms with Gasteiger partial charge in [-0.3, -0.25) is 13.9 Å². The van der Waals surface area contributed by atoms with Crippen LogP contribution >= 0.6 is 10.6 Å². The van der Waals surface area contributed by atoms with Crippen LogP contribution < -0.4 is 10.1 Å². The number of fused-ring (bicyclic) bond motifs is 1. The van der Waals surface area contributed by atoms with E-state index in [1.165, 1.54) is 18.2 Å². The lowest BCUT2D eigenvalue weighted by molar-refractivity contribution is -0.0494. The number of hydrogen-bond acceptors (Lipinski definition) is 4. The Bertz CT molecular complexity index is 1420. The largest absolute Gasteiger partial charge is 0.434 e. The summed E-state index contributed by atoms with van der Waals surface area (Å²) in [5.74, 6) is -0.387. The number of amides is 1. The van der Waals surface area contributed by atoms with Crippen LogP contribution in [0.4, 0.5) is 13.2 Å². The number of ether oxygens (including phenoxy) is 1. The second-order valence-electron chi connectivity index (χ2n) is 8.63. The van der Waals surface area contributed by atoms with E-state index in [1.807, 2.05) is 0 Å². The van der Waals surface area contributed by atoms with Crippen LogP contribution in [0, 0.1) is 5.82 Å². The lowest BCUT2D eigenvalue weighted by atomic mass is 10.0. The number of alkyl halides is 2. The van der Waals surface area contributed by atoms with Crippen molar-refractivity contribution >= 4 is 27.4 Å². The van der Waals surface area contributed by atoms with Gasteiger partial charge < -0.3 is 14.6 Å². The van der Waals surface area contributed by atoms with E-state index < -0.39 is 23.0 Å². The second-order valence-corrected chi connectivity index (χ2v) is 11.0. The highest BCUT2D eigenvalue weighted by molar-refractivity contribution is 8.24. The van der Waals surface area contributed by atoms with E-state index in [0.717, 1.165) is 0 Å². The highest BCUT2D eigenvalue weighted by Gasteiger charge is 2.29. The van der Waals surface area contributed by atoms with E-state index in [2.05, 4.69) is 5.32 Å². The van der Waals surface area contributed by atoms with Crippen molar-refractivity contribution in [2.24, 2.45) is 0 Å². The van der Waals surface area contributed by atoms with Crippen molar-refractivity contribution in [1.29, 1.82) is 0 Å². The third-order valence-electron chi connectivity index (χ3n) is 6.16. The van der Waals surface area contributed by atoms with Gasteiger partial charge in [0.2, 0.25) is 0 Å². The molecule has 1 saturated heterocycles. The van der Waals surface area contributed by atoms with E-state index in [4.69, 9.17) is 4.74 Å². The molecule has 2 heterocycles. The Morgan fingerprint density at radius 3 is 2.50 bits per heavy atom. The Hall–Kier alpha value is -3.47. The van der Waals surface area contributed by atoms with Gasteiger partial charge in [0.15, 0.2) is 0 Å². The minimum absolute atomic E-state index is 0.00713. The summed E-state index contributed by atoms with van der Waals surface area (Å²) in [6, 6.07) is 16.9. The molecule has 1 aliphatic rings. The first-order chi connectivity index (χ1) is 17.2. The van der Waals surface area contributed by atoms with Crippen molar-refractivity contribution in [3.63, 3.8) is 0 Å². The molecule has 188 valence electrons. The number of carbonyl (C=O) groups is 1. The first-order valence-electron chi connectivity index (χ1n) is 11.2. The molecule has 10 heteroatoms. The number of aromatic nitrogens is 1. The van der Waals surface area contributed by atoms with Crippen LogP contribution in [0.1, 0.15) is 16.8 Å². The molecular weight excluding hydrogens is 493 g/mol. The molecule has 6 nitrogen and oxygen atoms in total. The van der Waals surface area contributed by atoms with E-state index in [0.29, 0.717) is 39.7 Å². The Labute approximate surface area is 206 Å². The zero-order valence-electron chi connectivity index (χ0n) is 18.9. The van der Waals surface area contributed by atoms with Crippen molar-refractivity contribution in [2.45, 2.75) is 19.1 Å². The molecule has 0 radical (unpaired) electrons. The number of rotatable bonds is 6. The van der Waals surface area contributed by atoms with Crippen LogP contribution in [0.3, 0.4) is 0 Å². The minimum Gasteiger partial charge on any atom is -0.434 e. The van der Waals surface area contributed by atoms with Crippen molar-refractivity contribution in [1.82, 2.24) is 9.88 Å². The lowest BCUT2D eigenvalue weighted by Crippen LogP contribution is -2.35. The fourth-order valence-corrected chi connectivity index (χ4v) is 6.21. The van der Waals surface area contributed by atoms with Gasteiger partial charge in [-0.15, -0.1) is 0 Å². The monoisotopic (exact) mass is 516 g/mol. The normalized spacial score (nSPS) is 17.9. The fraction of sp³-hybridized carbons (Fsp3) is 0.192. The molecule has 1 aliphatic heterocycles. The Morgan fingerprint density at radius 1 is 1.06 bits per heavy atom. The van der Waals surface area contributed by atoms with E-state index >= 15 is 0 Å². The van der Waals surface area contributed by atoms with E-state index in [9.17, 15) is 27.1 Å². The quantitative estimate of drug-likeness (QED) is 0.281. The number of nitrogens with zero attached hydrogens (tertiary/aromatic N) is 1. The molecule has 1 aromatic heterocycles. The van der Waals surface area contributed by atoms with E-state index in [-0.39, 0.29) is 29.2 Å². The SMILES string of the molecule is O=C(NC1CCS(O)(O)C1)c1ccc2c(-c3ccccc3OC(F)F)cn(-c3ccc(F)cc3)c2c1. The molecule has 1 fully saturated rings. The first-order valence-corrected chi connectivity index (χ1v) is 13.1. The summed E-state index contributed by atoms with van der Waals surface area (Å²) in [6.07, 6.45) is 2.22. The van der Waals surface area contributed by atoms with Crippen LogP contribution in [0.5, 0.6) is 5.75 Å². The third-order valence-corrected chi connectivity index (χ3v) is 7.99. The van der Waals surface area contributed by atoms with Crippen LogP contribution in [-0.2, 0) is 0 Å². The molecule has 1 amide bonds. The van der Waals surface area contributed by atoms with Gasteiger partial charge in [0, 0.05) is 45.8 Å². The Balaban J connectivity index is 1.60. The third kappa shape index (κ3) is 4.92. The molecule has 0 spiro atoms. The van der Waals surface area contributed by atoms with Gasteiger partial charge in [-0.25, -0.2) is 4.39 Å². The second kappa shape index (κ2) is 9.53. The highest BCUT2D eigenvalue weighted by atomic mass is 32.3. The summed E-state index contributed by atoms with van der Waals surface area (Å²) in [5.41, 5.74) is 2.60. The van der Waals surface area contributed by atoms with Gasteiger partial charge in [0.1, 0.15) is 11.6 Å². The predicted molar refractivity (Wildman–Crippen MR) is 134 cm³/mol. The maximum Gasteiger partial charge on any atom is 0.387 e. The molecule has 4 aromatic rings. The van der Waals surface area contributed by atoms with Crippen molar-refractivity contribution in [3.05, 3.63) is 84.3 Å². The molecule has 1 unspecified atom stereocenters. The summed E-state index contributed by atoms with van der Waals surface area (Å²) in [5, 5.41) is 3.53. The van der Waals surface area contributed by atoms with Crippen LogP contribution in [0.25, 0.3) is 27.7 Å². The molecule has 1 atom stereocenters. The van der Waals surface area contributed by atoms with Crippen LogP contribution in [0.15, 0.2) is 72.9 Å². The number of hydrogen-bond donors (Lipinski definition) is 3. The van der Waals surface area contributed by atoms with E-state index in [1.54, 1.807) is 59.3 Å². The number of nitrogens with one attached hydrogen (secondary N) is 1. The molecule has 0 aliphatic carbocycles. The standard InChI is InChI=1S/C26H23F3N2O4S/c27-17-6-8-19(9-7-17)31-14-22(21-3-1-2-4-24(21)35-26(28)29)20-10-5-16(13-23(20)31)25(32)30-18-11-12-36(33,34)15-18/h1-10,13-14,18,26,33-34H,11-12,15H2,(H,30,32). The number of benzene rings is 3. The number of para-hydroxylation sites is 1. The molecular formula is C26H23F3N2O4S. The minimum atomic E-state index is -3.00. The molecule has 5 rings (SSSR count). The zero-order valence-corrected chi connectivity index (χ0v) is 19.7. The molecule has 3 N–H and O–H groups in total. The summed E-state index contributed by atoms with van der Waals surface area (Å²) in [6.45, 7) is -3.00. The molecule has 3 aromatic carbocycles. The van der Waals surface area contributed by atoms with Crippen molar-refractivity contribution in [3.8, 4) is 22.6 Å². The fourth-order valence-electron chi connectivity index (χ4n) is 4.49. The number of halogens is 3. The zero-order chi connectivity index (χ0) is 25.4. The maximum atomic E-state index is 13.6. The average molecular weight is 517 g/mol. The highest BCUT2D eigenvalue weighted by Crippen LogP contribution is 2.45. The summed E-state index contributed by atoms with van der Waals surface area (Å²) in [4.78, 5) is 13.0. The maximum absolute atomic E-state index is 13.6. The topological polar surface area (TPSA) is 83.7 Å². The Kier molecular flexibility index (Phi) is 6.42. The van der Waals surface area contributed by atoms with Crippen LogP contribution in [-0.4, -0.2) is 43.7 Å². The summed E-state index contributed by atoms with van der Waals surface area (Å²) >= 11 is 0. The molecule has 36 heavy (non-hydrogen) atoms. The van der Waals surface area contributed by atoms with Gasteiger partial charge >= 0.3 is 6.61 Å². The molecule has 0 bridgehead atoms. The Morgan fingerprint density at radius 2 is 1.81 bits per heavy atom.